The summed E-state index contributed by atoms with van der Waals surface area (Å²) in [5.41, 5.74) is 0. The first-order chi connectivity index (χ1) is 9.48. The molecule has 0 aromatic heterocycles. The summed E-state index contributed by atoms with van der Waals surface area (Å²) in [7, 11) is -2.48. The third kappa shape index (κ3) is 2.64. The molecule has 7 heteroatoms. The van der Waals surface area contributed by atoms with E-state index in [4.69, 9.17) is 4.74 Å². The second kappa shape index (κ2) is 5.80. The molecule has 0 amide bonds. The second-order valence-electron chi connectivity index (χ2n) is 4.62. The summed E-state index contributed by atoms with van der Waals surface area (Å²) < 4.78 is 31.5. The SMILES string of the molecule is COc1ccccc1S(=O)(=O)N1CCCC[C@@H]1C(=O)O. The molecule has 1 atom stereocenters. The van der Waals surface area contributed by atoms with Gasteiger partial charge in [0.2, 0.25) is 10.0 Å². The lowest BCUT2D eigenvalue weighted by Crippen LogP contribution is -2.47. The number of hydrogen-bond donors (Lipinski definition) is 1. The van der Waals surface area contributed by atoms with Crippen LogP contribution in [-0.2, 0) is 14.8 Å². The Hall–Kier alpha value is -1.60. The van der Waals surface area contributed by atoms with Crippen LogP contribution in [-0.4, -0.2) is 43.5 Å². The molecule has 6 nitrogen and oxygen atoms in total. The van der Waals surface area contributed by atoms with Crippen LogP contribution in [0.25, 0.3) is 0 Å². The highest BCUT2D eigenvalue weighted by atomic mass is 32.2. The Labute approximate surface area is 118 Å². The molecule has 0 unspecified atom stereocenters. The normalized spacial score (nSPS) is 20.6. The van der Waals surface area contributed by atoms with Crippen molar-refractivity contribution in [1.29, 1.82) is 0 Å². The van der Waals surface area contributed by atoms with Gasteiger partial charge in [-0.3, -0.25) is 4.79 Å². The first kappa shape index (κ1) is 14.8. The molecule has 1 aromatic carbocycles. The Morgan fingerprint density at radius 3 is 2.70 bits per heavy atom. The minimum atomic E-state index is -3.87. The summed E-state index contributed by atoms with van der Waals surface area (Å²) in [5.74, 6) is -0.884. The van der Waals surface area contributed by atoms with Crippen molar-refractivity contribution in [1.82, 2.24) is 4.31 Å². The minimum absolute atomic E-state index is 0.00986. The van der Waals surface area contributed by atoms with Crippen molar-refractivity contribution < 1.29 is 23.1 Å². The predicted molar refractivity (Wildman–Crippen MR) is 72.2 cm³/mol. The van der Waals surface area contributed by atoms with Gasteiger partial charge in [-0.05, 0) is 31.4 Å². The Morgan fingerprint density at radius 1 is 1.35 bits per heavy atom. The fourth-order valence-electron chi connectivity index (χ4n) is 2.40. The zero-order chi connectivity index (χ0) is 14.8. The van der Waals surface area contributed by atoms with Crippen LogP contribution in [0.3, 0.4) is 0 Å². The average molecular weight is 299 g/mol. The van der Waals surface area contributed by atoms with Crippen LogP contribution >= 0.6 is 0 Å². The second-order valence-corrected chi connectivity index (χ2v) is 6.48. The molecule has 110 valence electrons. The molecule has 0 aliphatic carbocycles. The maximum absolute atomic E-state index is 12.7. The predicted octanol–water partition coefficient (Wildman–Crippen LogP) is 1.32. The van der Waals surface area contributed by atoms with E-state index in [1.165, 1.54) is 13.2 Å². The summed E-state index contributed by atoms with van der Waals surface area (Å²) in [6.45, 7) is 0.220. The fraction of sp³-hybridized carbons (Fsp3) is 0.462. The van der Waals surface area contributed by atoms with Crippen molar-refractivity contribution in [3.63, 3.8) is 0 Å². The van der Waals surface area contributed by atoms with Crippen molar-refractivity contribution in [3.8, 4) is 5.75 Å². The average Bonchev–Trinajstić information content (AvgIpc) is 2.47. The van der Waals surface area contributed by atoms with Gasteiger partial charge in [0.15, 0.2) is 0 Å². The summed E-state index contributed by atoms with van der Waals surface area (Å²) in [6.07, 6.45) is 1.72. The third-order valence-electron chi connectivity index (χ3n) is 3.39. The number of methoxy groups -OCH3 is 1. The van der Waals surface area contributed by atoms with Gasteiger partial charge in [0, 0.05) is 6.54 Å². The summed E-state index contributed by atoms with van der Waals surface area (Å²) in [6, 6.07) is 5.24. The molecule has 1 aliphatic rings. The van der Waals surface area contributed by atoms with E-state index < -0.39 is 22.0 Å². The van der Waals surface area contributed by atoms with E-state index in [1.54, 1.807) is 18.2 Å². The molecule has 0 radical (unpaired) electrons. The fourth-order valence-corrected chi connectivity index (χ4v) is 4.21. The van der Waals surface area contributed by atoms with Crippen LogP contribution in [0.5, 0.6) is 5.75 Å². The number of benzene rings is 1. The molecule has 1 N–H and O–H groups in total. The Kier molecular flexibility index (Phi) is 4.29. The molecular weight excluding hydrogens is 282 g/mol. The molecule has 1 saturated heterocycles. The van der Waals surface area contributed by atoms with Crippen LogP contribution in [0.4, 0.5) is 0 Å². The van der Waals surface area contributed by atoms with Crippen molar-refractivity contribution in [3.05, 3.63) is 24.3 Å². The molecule has 1 heterocycles. The summed E-state index contributed by atoms with van der Waals surface area (Å²) in [5, 5.41) is 9.21. The van der Waals surface area contributed by atoms with Crippen LogP contribution in [0, 0.1) is 0 Å². The topological polar surface area (TPSA) is 83.9 Å². The number of aliphatic carboxylic acids is 1. The number of piperidine rings is 1. The molecular formula is C13H17NO5S. The van der Waals surface area contributed by atoms with Crippen LogP contribution < -0.4 is 4.74 Å². The number of para-hydroxylation sites is 1. The van der Waals surface area contributed by atoms with E-state index in [0.29, 0.717) is 12.8 Å². The molecule has 0 spiro atoms. The van der Waals surface area contributed by atoms with Crippen LogP contribution in [0.2, 0.25) is 0 Å². The van der Waals surface area contributed by atoms with E-state index >= 15 is 0 Å². The minimum Gasteiger partial charge on any atom is -0.495 e. The molecule has 0 saturated carbocycles. The molecule has 20 heavy (non-hydrogen) atoms. The van der Waals surface area contributed by atoms with E-state index in [9.17, 15) is 18.3 Å². The lowest BCUT2D eigenvalue weighted by Gasteiger charge is -2.32. The van der Waals surface area contributed by atoms with Crippen molar-refractivity contribution in [2.75, 3.05) is 13.7 Å². The van der Waals surface area contributed by atoms with Gasteiger partial charge in [-0.1, -0.05) is 12.1 Å². The van der Waals surface area contributed by atoms with E-state index in [-0.39, 0.29) is 17.2 Å². The molecule has 2 rings (SSSR count). The first-order valence-corrected chi connectivity index (χ1v) is 7.80. The standard InChI is InChI=1S/C13H17NO5S/c1-19-11-7-2-3-8-12(11)20(17,18)14-9-5-4-6-10(14)13(15)16/h2-3,7-8,10H,4-6,9H2,1H3,(H,15,16)/t10-/m1/s1. The molecule has 1 aromatic rings. The van der Waals surface area contributed by atoms with Gasteiger partial charge in [0.25, 0.3) is 0 Å². The number of rotatable bonds is 4. The van der Waals surface area contributed by atoms with Crippen LogP contribution in [0.15, 0.2) is 29.2 Å². The monoisotopic (exact) mass is 299 g/mol. The third-order valence-corrected chi connectivity index (χ3v) is 5.34. The zero-order valence-electron chi connectivity index (χ0n) is 11.2. The van der Waals surface area contributed by atoms with E-state index in [2.05, 4.69) is 0 Å². The summed E-state index contributed by atoms with van der Waals surface area (Å²) in [4.78, 5) is 11.3. The van der Waals surface area contributed by atoms with Gasteiger partial charge in [0.05, 0.1) is 7.11 Å². The van der Waals surface area contributed by atoms with Crippen molar-refractivity contribution in [2.45, 2.75) is 30.2 Å². The van der Waals surface area contributed by atoms with Gasteiger partial charge in [-0.2, -0.15) is 4.31 Å². The highest BCUT2D eigenvalue weighted by molar-refractivity contribution is 7.89. The maximum Gasteiger partial charge on any atom is 0.322 e. The van der Waals surface area contributed by atoms with Gasteiger partial charge >= 0.3 is 5.97 Å². The van der Waals surface area contributed by atoms with Gasteiger partial charge < -0.3 is 9.84 Å². The number of carboxylic acids is 1. The van der Waals surface area contributed by atoms with E-state index in [1.807, 2.05) is 0 Å². The smallest absolute Gasteiger partial charge is 0.322 e. The highest BCUT2D eigenvalue weighted by Gasteiger charge is 2.38. The largest absolute Gasteiger partial charge is 0.495 e. The highest BCUT2D eigenvalue weighted by Crippen LogP contribution is 2.30. The molecule has 0 bridgehead atoms. The van der Waals surface area contributed by atoms with E-state index in [0.717, 1.165) is 10.7 Å². The van der Waals surface area contributed by atoms with Gasteiger partial charge in [0.1, 0.15) is 16.7 Å². The molecule has 1 aliphatic heterocycles. The molecule has 1 fully saturated rings. The number of ether oxygens (including phenoxy) is 1. The Bertz CT molecular complexity index is 599. The Morgan fingerprint density at radius 2 is 2.05 bits per heavy atom. The van der Waals surface area contributed by atoms with Gasteiger partial charge in [-0.25, -0.2) is 8.42 Å². The van der Waals surface area contributed by atoms with Crippen molar-refractivity contribution >= 4 is 16.0 Å². The summed E-state index contributed by atoms with van der Waals surface area (Å²) >= 11 is 0. The van der Waals surface area contributed by atoms with Gasteiger partial charge in [-0.15, -0.1) is 0 Å². The van der Waals surface area contributed by atoms with Crippen molar-refractivity contribution in [2.24, 2.45) is 0 Å². The number of carboxylic acid groups (broad SMARTS) is 1. The first-order valence-electron chi connectivity index (χ1n) is 6.36. The lowest BCUT2D eigenvalue weighted by atomic mass is 10.1. The maximum atomic E-state index is 12.7. The number of carbonyl (C=O) groups is 1. The van der Waals surface area contributed by atoms with Crippen LogP contribution in [0.1, 0.15) is 19.3 Å². The zero-order valence-corrected chi connectivity index (χ0v) is 12.0. The quantitative estimate of drug-likeness (QED) is 0.906. The Balaban J connectivity index is 2.45. The lowest BCUT2D eigenvalue weighted by molar-refractivity contribution is -0.142. The number of nitrogens with zero attached hydrogens (tertiary/aromatic N) is 1. The number of hydrogen-bond acceptors (Lipinski definition) is 4. The number of sulfonamides is 1.